The first-order valence-corrected chi connectivity index (χ1v) is 5.77. The highest BCUT2D eigenvalue weighted by Crippen LogP contribution is 2.28. The summed E-state index contributed by atoms with van der Waals surface area (Å²) in [5.74, 6) is -1.32. The van der Waals surface area contributed by atoms with Crippen LogP contribution in [0, 0.1) is 0 Å². The van der Waals surface area contributed by atoms with Crippen LogP contribution in [-0.2, 0) is 9.53 Å². The van der Waals surface area contributed by atoms with Gasteiger partial charge in [-0.25, -0.2) is 4.79 Å². The number of rotatable bonds is 3. The van der Waals surface area contributed by atoms with Crippen LogP contribution in [0.2, 0.25) is 0 Å². The van der Waals surface area contributed by atoms with Gasteiger partial charge in [-0.15, -0.1) is 0 Å². The van der Waals surface area contributed by atoms with Gasteiger partial charge in [0, 0.05) is 17.0 Å². The third-order valence-electron chi connectivity index (χ3n) is 2.08. The summed E-state index contributed by atoms with van der Waals surface area (Å²) in [6, 6.07) is 2.75. The molecule has 1 aromatic carbocycles. The Morgan fingerprint density at radius 2 is 1.78 bits per heavy atom. The number of esters is 2. The largest absolute Gasteiger partial charge is 0.465 e. The summed E-state index contributed by atoms with van der Waals surface area (Å²) in [7, 11) is 1.21. The average Bonchev–Trinajstić information content (AvgIpc) is 2.25. The lowest BCUT2D eigenvalue weighted by Gasteiger charge is -2.10. The molecule has 18 heavy (non-hydrogen) atoms. The molecule has 0 N–H and O–H groups in total. The number of benzene rings is 1. The molecule has 96 valence electrons. The van der Waals surface area contributed by atoms with Crippen molar-refractivity contribution in [3.63, 3.8) is 0 Å². The summed E-state index contributed by atoms with van der Waals surface area (Å²) in [5.41, 5.74) is 0.244. The second-order valence-electron chi connectivity index (χ2n) is 3.47. The predicted molar refractivity (Wildman–Crippen MR) is 66.8 cm³/mol. The summed E-state index contributed by atoms with van der Waals surface area (Å²) in [4.78, 5) is 34.0. The first-order valence-electron chi connectivity index (χ1n) is 4.98. The van der Waals surface area contributed by atoms with Crippen LogP contribution < -0.4 is 4.74 Å². The number of methoxy groups -OCH3 is 1. The molecule has 6 heteroatoms. The zero-order valence-corrected chi connectivity index (χ0v) is 11.7. The van der Waals surface area contributed by atoms with E-state index < -0.39 is 11.9 Å². The number of halogens is 1. The molecule has 0 spiro atoms. The van der Waals surface area contributed by atoms with E-state index in [1.54, 1.807) is 0 Å². The molecule has 0 aliphatic carbocycles. The van der Waals surface area contributed by atoms with E-state index in [0.29, 0.717) is 4.47 Å². The topological polar surface area (TPSA) is 69.7 Å². The summed E-state index contributed by atoms with van der Waals surface area (Å²) in [6.07, 6.45) is 0. The van der Waals surface area contributed by atoms with Gasteiger partial charge >= 0.3 is 11.9 Å². The van der Waals surface area contributed by atoms with Crippen LogP contribution in [0.4, 0.5) is 0 Å². The van der Waals surface area contributed by atoms with Gasteiger partial charge in [0.25, 0.3) is 0 Å². The number of carbonyl (C=O) groups is 3. The zero-order valence-electron chi connectivity index (χ0n) is 10.1. The van der Waals surface area contributed by atoms with Crippen molar-refractivity contribution in [3.05, 3.63) is 27.7 Å². The van der Waals surface area contributed by atoms with Crippen LogP contribution in [0.25, 0.3) is 0 Å². The van der Waals surface area contributed by atoms with Crippen molar-refractivity contribution < 1.29 is 23.9 Å². The van der Waals surface area contributed by atoms with Crippen molar-refractivity contribution in [3.8, 4) is 5.75 Å². The van der Waals surface area contributed by atoms with Crippen LogP contribution >= 0.6 is 15.9 Å². The maximum Gasteiger partial charge on any atom is 0.338 e. The first-order chi connectivity index (χ1) is 8.36. The van der Waals surface area contributed by atoms with Gasteiger partial charge < -0.3 is 9.47 Å². The fraction of sp³-hybridized carbons (Fsp3) is 0.250. The molecule has 0 fully saturated rings. The van der Waals surface area contributed by atoms with Crippen molar-refractivity contribution in [1.82, 2.24) is 0 Å². The van der Waals surface area contributed by atoms with E-state index in [9.17, 15) is 14.4 Å². The normalized spacial score (nSPS) is 9.78. The molecule has 0 heterocycles. The van der Waals surface area contributed by atoms with E-state index >= 15 is 0 Å². The fourth-order valence-corrected chi connectivity index (χ4v) is 2.15. The van der Waals surface area contributed by atoms with Crippen molar-refractivity contribution in [1.29, 1.82) is 0 Å². The molecule has 0 aromatic heterocycles. The van der Waals surface area contributed by atoms with Crippen molar-refractivity contribution >= 4 is 33.7 Å². The quantitative estimate of drug-likeness (QED) is 0.486. The number of carbonyl (C=O) groups excluding carboxylic acids is 3. The maximum atomic E-state index is 11.6. The van der Waals surface area contributed by atoms with Gasteiger partial charge in [-0.3, -0.25) is 9.59 Å². The van der Waals surface area contributed by atoms with E-state index in [4.69, 9.17) is 4.74 Å². The Morgan fingerprint density at radius 3 is 2.22 bits per heavy atom. The molecule has 0 bridgehead atoms. The van der Waals surface area contributed by atoms with Gasteiger partial charge in [0.05, 0.1) is 12.7 Å². The maximum absolute atomic E-state index is 11.6. The SMILES string of the molecule is COC(=O)c1cc(OC(C)=O)cc(Br)c1C(C)=O. The smallest absolute Gasteiger partial charge is 0.338 e. The van der Waals surface area contributed by atoms with E-state index in [1.807, 2.05) is 0 Å². The number of ketones is 1. The highest BCUT2D eigenvalue weighted by atomic mass is 79.9. The molecule has 0 aliphatic rings. The Hall–Kier alpha value is -1.69. The summed E-state index contributed by atoms with van der Waals surface area (Å²) < 4.78 is 9.84. The van der Waals surface area contributed by atoms with Crippen molar-refractivity contribution in [2.24, 2.45) is 0 Å². The van der Waals surface area contributed by atoms with Gasteiger partial charge in [-0.1, -0.05) is 0 Å². The van der Waals surface area contributed by atoms with Crippen LogP contribution in [0.15, 0.2) is 16.6 Å². The number of Topliss-reactive ketones (excluding diaryl/α,β-unsaturated/α-hetero) is 1. The van der Waals surface area contributed by atoms with E-state index in [0.717, 1.165) is 0 Å². The highest BCUT2D eigenvalue weighted by molar-refractivity contribution is 9.10. The minimum atomic E-state index is -0.671. The molecule has 0 saturated heterocycles. The number of ether oxygens (including phenoxy) is 2. The summed E-state index contributed by atoms with van der Waals surface area (Å²) in [6.45, 7) is 2.57. The number of hydrogen-bond donors (Lipinski definition) is 0. The molecule has 0 unspecified atom stereocenters. The molecule has 0 saturated carbocycles. The molecule has 5 nitrogen and oxygen atoms in total. The Kier molecular flexibility index (Phi) is 4.61. The van der Waals surface area contributed by atoms with E-state index in [-0.39, 0.29) is 22.7 Å². The minimum absolute atomic E-state index is 0.0515. The second kappa shape index (κ2) is 5.77. The van der Waals surface area contributed by atoms with Crippen LogP contribution in [0.3, 0.4) is 0 Å². The Balaban J connectivity index is 3.41. The van der Waals surface area contributed by atoms with Crippen LogP contribution in [-0.4, -0.2) is 24.8 Å². The van der Waals surface area contributed by atoms with Crippen LogP contribution in [0.5, 0.6) is 5.75 Å². The van der Waals surface area contributed by atoms with Gasteiger partial charge in [0.15, 0.2) is 5.78 Å². The molecule has 1 aromatic rings. The monoisotopic (exact) mass is 314 g/mol. The molecule has 0 amide bonds. The summed E-state index contributed by atoms with van der Waals surface area (Å²) >= 11 is 3.17. The lowest BCUT2D eigenvalue weighted by molar-refractivity contribution is -0.131. The molecule has 0 aliphatic heterocycles. The molecule has 0 atom stereocenters. The molecule has 0 radical (unpaired) electrons. The Morgan fingerprint density at radius 1 is 1.17 bits per heavy atom. The lowest BCUT2D eigenvalue weighted by Crippen LogP contribution is -2.11. The first kappa shape index (κ1) is 14.4. The third-order valence-corrected chi connectivity index (χ3v) is 2.71. The highest BCUT2D eigenvalue weighted by Gasteiger charge is 2.20. The third kappa shape index (κ3) is 3.16. The number of hydrogen-bond acceptors (Lipinski definition) is 5. The van der Waals surface area contributed by atoms with Crippen LogP contribution in [0.1, 0.15) is 34.6 Å². The summed E-state index contributed by atoms with van der Waals surface area (Å²) in [5, 5.41) is 0. The van der Waals surface area contributed by atoms with Gasteiger partial charge in [-0.05, 0) is 35.0 Å². The van der Waals surface area contributed by atoms with E-state index in [1.165, 1.54) is 33.1 Å². The lowest BCUT2D eigenvalue weighted by atomic mass is 10.0. The Labute approximate surface area is 112 Å². The Bertz CT molecular complexity index is 521. The minimum Gasteiger partial charge on any atom is -0.465 e. The average molecular weight is 315 g/mol. The van der Waals surface area contributed by atoms with Gasteiger partial charge in [0.1, 0.15) is 5.75 Å². The predicted octanol–water partition coefficient (Wildman–Crippen LogP) is 2.36. The second-order valence-corrected chi connectivity index (χ2v) is 4.32. The fourth-order valence-electron chi connectivity index (χ4n) is 1.44. The molecular formula is C12H11BrO5. The molecule has 1 rings (SSSR count). The van der Waals surface area contributed by atoms with Crippen molar-refractivity contribution in [2.45, 2.75) is 13.8 Å². The van der Waals surface area contributed by atoms with Gasteiger partial charge in [0.2, 0.25) is 0 Å². The molecular weight excluding hydrogens is 304 g/mol. The zero-order chi connectivity index (χ0) is 13.9. The standard InChI is InChI=1S/C12H11BrO5/c1-6(14)11-9(12(16)17-3)4-8(5-10(11)13)18-7(2)15/h4-5H,1-3H3. The van der Waals surface area contributed by atoms with Crippen molar-refractivity contribution in [2.75, 3.05) is 7.11 Å². The van der Waals surface area contributed by atoms with Gasteiger partial charge in [-0.2, -0.15) is 0 Å². The van der Waals surface area contributed by atoms with E-state index in [2.05, 4.69) is 20.7 Å².